The first-order chi connectivity index (χ1) is 8.68. The van der Waals surface area contributed by atoms with Gasteiger partial charge in [-0.3, -0.25) is 10.1 Å². The Morgan fingerprint density at radius 1 is 1.28 bits per heavy atom. The van der Waals surface area contributed by atoms with Crippen LogP contribution < -0.4 is 5.32 Å². The minimum Gasteiger partial charge on any atom is -0.360 e. The Hall–Kier alpha value is -2.43. The first-order valence-corrected chi connectivity index (χ1v) is 5.56. The van der Waals surface area contributed by atoms with E-state index in [1.807, 2.05) is 31.2 Å². The Kier molecular flexibility index (Phi) is 3.52. The lowest BCUT2D eigenvalue weighted by Gasteiger charge is -2.08. The predicted octanol–water partition coefficient (Wildman–Crippen LogP) is 2.91. The molecular formula is C13H13N3O2. The van der Waals surface area contributed by atoms with Crippen molar-refractivity contribution in [1.82, 2.24) is 4.98 Å². The number of nitro groups is 1. The van der Waals surface area contributed by atoms with E-state index in [1.165, 1.54) is 12.3 Å². The van der Waals surface area contributed by atoms with E-state index in [4.69, 9.17) is 0 Å². The number of aromatic nitrogens is 1. The Labute approximate surface area is 105 Å². The molecule has 0 aliphatic heterocycles. The molecule has 0 saturated heterocycles. The van der Waals surface area contributed by atoms with Crippen LogP contribution in [-0.4, -0.2) is 9.91 Å². The molecule has 1 N–H and O–H groups in total. The second kappa shape index (κ2) is 5.27. The second-order valence-electron chi connectivity index (χ2n) is 3.91. The molecule has 2 aromatic rings. The summed E-state index contributed by atoms with van der Waals surface area (Å²) in [6.45, 7) is 2.52. The van der Waals surface area contributed by atoms with Gasteiger partial charge in [-0.2, -0.15) is 0 Å². The molecule has 0 amide bonds. The maximum absolute atomic E-state index is 10.8. The van der Waals surface area contributed by atoms with Gasteiger partial charge in [0.25, 0.3) is 0 Å². The van der Waals surface area contributed by atoms with Crippen molar-refractivity contribution in [2.75, 3.05) is 5.32 Å². The molecule has 5 nitrogen and oxygen atoms in total. The lowest BCUT2D eigenvalue weighted by molar-refractivity contribution is -0.384. The highest BCUT2D eigenvalue weighted by atomic mass is 16.6. The van der Waals surface area contributed by atoms with Crippen molar-refractivity contribution in [3.05, 3.63) is 63.8 Å². The number of hydrogen-bond donors (Lipinski definition) is 1. The molecule has 2 rings (SSSR count). The summed E-state index contributed by atoms with van der Waals surface area (Å²) in [5.74, 6) is 0.297. The van der Waals surface area contributed by atoms with Gasteiger partial charge in [0.15, 0.2) is 0 Å². The SMILES string of the molecule is Cc1ccccc1CNc1ncccc1[N+](=O)[O-]. The summed E-state index contributed by atoms with van der Waals surface area (Å²) >= 11 is 0. The predicted molar refractivity (Wildman–Crippen MR) is 69.4 cm³/mol. The molecule has 1 heterocycles. The van der Waals surface area contributed by atoms with Gasteiger partial charge >= 0.3 is 5.69 Å². The Bertz CT molecular complexity index is 570. The van der Waals surface area contributed by atoms with Crippen molar-refractivity contribution in [2.45, 2.75) is 13.5 Å². The normalized spacial score (nSPS) is 10.1. The van der Waals surface area contributed by atoms with Crippen molar-refractivity contribution >= 4 is 11.5 Å². The first-order valence-electron chi connectivity index (χ1n) is 5.56. The standard InChI is InChI=1S/C13H13N3O2/c1-10-5-2-3-6-11(10)9-15-13-12(16(17)18)7-4-8-14-13/h2-8H,9H2,1H3,(H,14,15). The maximum Gasteiger partial charge on any atom is 0.311 e. The lowest BCUT2D eigenvalue weighted by atomic mass is 10.1. The summed E-state index contributed by atoms with van der Waals surface area (Å²) in [4.78, 5) is 14.4. The molecule has 0 saturated carbocycles. The molecule has 0 bridgehead atoms. The Morgan fingerprint density at radius 2 is 2.06 bits per heavy atom. The average molecular weight is 243 g/mol. The van der Waals surface area contributed by atoms with Crippen LogP contribution in [0.5, 0.6) is 0 Å². The molecule has 5 heteroatoms. The molecular weight excluding hydrogens is 230 g/mol. The average Bonchev–Trinajstić information content (AvgIpc) is 2.38. The molecule has 92 valence electrons. The summed E-state index contributed by atoms with van der Waals surface area (Å²) < 4.78 is 0. The summed E-state index contributed by atoms with van der Waals surface area (Å²) in [5.41, 5.74) is 2.23. The van der Waals surface area contributed by atoms with Crippen molar-refractivity contribution in [2.24, 2.45) is 0 Å². The van der Waals surface area contributed by atoms with Crippen LogP contribution in [0.3, 0.4) is 0 Å². The molecule has 0 atom stereocenters. The van der Waals surface area contributed by atoms with E-state index in [1.54, 1.807) is 6.07 Å². The quantitative estimate of drug-likeness (QED) is 0.662. The third-order valence-electron chi connectivity index (χ3n) is 2.69. The first kappa shape index (κ1) is 12.0. The van der Waals surface area contributed by atoms with Crippen LogP contribution in [0, 0.1) is 17.0 Å². The molecule has 18 heavy (non-hydrogen) atoms. The number of rotatable bonds is 4. The van der Waals surface area contributed by atoms with Crippen LogP contribution in [-0.2, 0) is 6.54 Å². The van der Waals surface area contributed by atoms with E-state index in [-0.39, 0.29) is 5.69 Å². The van der Waals surface area contributed by atoms with E-state index in [0.717, 1.165) is 11.1 Å². The van der Waals surface area contributed by atoms with E-state index >= 15 is 0 Å². The van der Waals surface area contributed by atoms with Crippen LogP contribution in [0.1, 0.15) is 11.1 Å². The molecule has 1 aromatic carbocycles. The third kappa shape index (κ3) is 2.63. The molecule has 0 fully saturated rings. The van der Waals surface area contributed by atoms with Gasteiger partial charge in [-0.1, -0.05) is 24.3 Å². The van der Waals surface area contributed by atoms with Gasteiger partial charge < -0.3 is 5.32 Å². The summed E-state index contributed by atoms with van der Waals surface area (Å²) in [6, 6.07) is 10.9. The topological polar surface area (TPSA) is 68.1 Å². The van der Waals surface area contributed by atoms with Crippen LogP contribution in [0.2, 0.25) is 0 Å². The number of anilines is 1. The molecule has 0 spiro atoms. The van der Waals surface area contributed by atoms with Crippen molar-refractivity contribution in [3.8, 4) is 0 Å². The molecule has 0 unspecified atom stereocenters. The number of nitrogens with zero attached hydrogens (tertiary/aromatic N) is 2. The highest BCUT2D eigenvalue weighted by Crippen LogP contribution is 2.21. The molecule has 0 aliphatic carbocycles. The van der Waals surface area contributed by atoms with Gasteiger partial charge in [0, 0.05) is 18.8 Å². The zero-order valence-corrected chi connectivity index (χ0v) is 9.96. The fraction of sp³-hybridized carbons (Fsp3) is 0.154. The summed E-state index contributed by atoms with van der Waals surface area (Å²) in [5, 5.41) is 13.8. The van der Waals surface area contributed by atoms with Gasteiger partial charge in [0.05, 0.1) is 4.92 Å². The van der Waals surface area contributed by atoms with Gasteiger partial charge in [-0.15, -0.1) is 0 Å². The summed E-state index contributed by atoms with van der Waals surface area (Å²) in [6.07, 6.45) is 1.53. The zero-order chi connectivity index (χ0) is 13.0. The third-order valence-corrected chi connectivity index (χ3v) is 2.69. The zero-order valence-electron chi connectivity index (χ0n) is 9.96. The largest absolute Gasteiger partial charge is 0.360 e. The number of pyridine rings is 1. The maximum atomic E-state index is 10.8. The van der Waals surface area contributed by atoms with Crippen molar-refractivity contribution < 1.29 is 4.92 Å². The highest BCUT2D eigenvalue weighted by molar-refractivity contribution is 5.55. The lowest BCUT2D eigenvalue weighted by Crippen LogP contribution is -2.05. The summed E-state index contributed by atoms with van der Waals surface area (Å²) in [7, 11) is 0. The smallest absolute Gasteiger partial charge is 0.311 e. The molecule has 0 radical (unpaired) electrons. The minimum absolute atomic E-state index is 0.00826. The number of aryl methyl sites for hydroxylation is 1. The van der Waals surface area contributed by atoms with Gasteiger partial charge in [-0.05, 0) is 24.1 Å². The monoisotopic (exact) mass is 243 g/mol. The highest BCUT2D eigenvalue weighted by Gasteiger charge is 2.13. The van der Waals surface area contributed by atoms with Crippen LogP contribution in [0.25, 0.3) is 0 Å². The number of hydrogen-bond acceptors (Lipinski definition) is 4. The van der Waals surface area contributed by atoms with Gasteiger partial charge in [-0.25, -0.2) is 4.98 Å². The van der Waals surface area contributed by atoms with E-state index in [0.29, 0.717) is 12.4 Å². The van der Waals surface area contributed by atoms with Crippen molar-refractivity contribution in [1.29, 1.82) is 0 Å². The number of benzene rings is 1. The fourth-order valence-electron chi connectivity index (χ4n) is 1.67. The van der Waals surface area contributed by atoms with Crippen molar-refractivity contribution in [3.63, 3.8) is 0 Å². The second-order valence-corrected chi connectivity index (χ2v) is 3.91. The van der Waals surface area contributed by atoms with E-state index in [2.05, 4.69) is 10.3 Å². The van der Waals surface area contributed by atoms with E-state index in [9.17, 15) is 10.1 Å². The number of nitrogens with one attached hydrogen (secondary N) is 1. The van der Waals surface area contributed by atoms with Gasteiger partial charge in [0.1, 0.15) is 0 Å². The van der Waals surface area contributed by atoms with E-state index < -0.39 is 4.92 Å². The molecule has 0 aliphatic rings. The van der Waals surface area contributed by atoms with Crippen LogP contribution in [0.15, 0.2) is 42.6 Å². The van der Waals surface area contributed by atoms with Gasteiger partial charge in [0.2, 0.25) is 5.82 Å². The Morgan fingerprint density at radius 3 is 2.78 bits per heavy atom. The molecule has 1 aromatic heterocycles. The van der Waals surface area contributed by atoms with Crippen LogP contribution in [0.4, 0.5) is 11.5 Å². The Balaban J connectivity index is 2.16. The minimum atomic E-state index is -0.437. The fourth-order valence-corrected chi connectivity index (χ4v) is 1.67. The van der Waals surface area contributed by atoms with Crippen LogP contribution >= 0.6 is 0 Å².